The highest BCUT2D eigenvalue weighted by molar-refractivity contribution is 7.89. The molecule has 1 fully saturated rings. The second-order valence-electron chi connectivity index (χ2n) is 4.61. The monoisotopic (exact) mass is 288 g/mol. The lowest BCUT2D eigenvalue weighted by Crippen LogP contribution is -2.41. The summed E-state index contributed by atoms with van der Waals surface area (Å²) in [5.74, 6) is -0.743. The van der Waals surface area contributed by atoms with Crippen molar-refractivity contribution in [2.75, 3.05) is 12.3 Å². The van der Waals surface area contributed by atoms with Gasteiger partial charge in [-0.15, -0.1) is 0 Å². The number of nitrogens with two attached hydrogens (primary N) is 1. The molecule has 3 N–H and O–H groups in total. The smallest absolute Gasteiger partial charge is 0.243 e. The summed E-state index contributed by atoms with van der Waals surface area (Å²) < 4.78 is 45.5. The van der Waals surface area contributed by atoms with Crippen LogP contribution in [0.5, 0.6) is 0 Å². The fourth-order valence-corrected chi connectivity index (χ4v) is 3.55. The van der Waals surface area contributed by atoms with Crippen molar-refractivity contribution in [3.05, 3.63) is 24.0 Å². The number of halogens is 1. The van der Waals surface area contributed by atoms with Gasteiger partial charge in [-0.25, -0.2) is 17.5 Å². The molecule has 1 aromatic carbocycles. The summed E-state index contributed by atoms with van der Waals surface area (Å²) in [5, 5.41) is 0. The minimum absolute atomic E-state index is 0.149. The summed E-state index contributed by atoms with van der Waals surface area (Å²) >= 11 is 0. The number of sulfonamides is 1. The van der Waals surface area contributed by atoms with E-state index in [2.05, 4.69) is 4.72 Å². The average Bonchev–Trinajstić information content (AvgIpc) is 2.85. The Labute approximate surface area is 112 Å². The molecule has 0 amide bonds. The molecule has 2 atom stereocenters. The molecule has 106 valence electrons. The largest absolute Gasteiger partial charge is 0.395 e. The Kier molecular flexibility index (Phi) is 4.07. The molecular formula is C12H17FN2O3S. The van der Waals surface area contributed by atoms with E-state index in [1.165, 1.54) is 12.1 Å². The van der Waals surface area contributed by atoms with Gasteiger partial charge in [-0.1, -0.05) is 6.07 Å². The molecule has 7 heteroatoms. The van der Waals surface area contributed by atoms with Crippen molar-refractivity contribution in [1.29, 1.82) is 0 Å². The maximum absolute atomic E-state index is 13.3. The highest BCUT2D eigenvalue weighted by atomic mass is 32.2. The number of nitrogens with one attached hydrogen (secondary N) is 1. The van der Waals surface area contributed by atoms with Crippen molar-refractivity contribution >= 4 is 15.7 Å². The molecule has 0 aromatic heterocycles. The first-order chi connectivity index (χ1) is 8.92. The van der Waals surface area contributed by atoms with E-state index in [0.717, 1.165) is 18.9 Å². The van der Waals surface area contributed by atoms with Crippen molar-refractivity contribution in [1.82, 2.24) is 4.72 Å². The van der Waals surface area contributed by atoms with Gasteiger partial charge in [0, 0.05) is 12.6 Å². The lowest BCUT2D eigenvalue weighted by atomic mass is 10.1. The Balaban J connectivity index is 2.20. The number of anilines is 1. The molecule has 0 bridgehead atoms. The second-order valence-corrected chi connectivity index (χ2v) is 6.30. The van der Waals surface area contributed by atoms with Crippen LogP contribution in [-0.2, 0) is 14.8 Å². The Morgan fingerprint density at radius 1 is 1.53 bits per heavy atom. The number of ether oxygens (including phenoxy) is 1. The standard InChI is InChI=1S/C12H17FN2O3S/c1-8(10-5-3-7-18-10)15-19(16,17)11-6-2-4-9(13)12(11)14/h2,4,6,8,10,15H,3,5,7,14H2,1H3. The van der Waals surface area contributed by atoms with Crippen molar-refractivity contribution < 1.29 is 17.5 Å². The van der Waals surface area contributed by atoms with Gasteiger partial charge in [0.2, 0.25) is 10.0 Å². The fourth-order valence-electron chi connectivity index (χ4n) is 2.13. The van der Waals surface area contributed by atoms with E-state index in [1.54, 1.807) is 6.92 Å². The van der Waals surface area contributed by atoms with Gasteiger partial charge in [0.15, 0.2) is 0 Å². The third-order valence-electron chi connectivity index (χ3n) is 3.17. The van der Waals surface area contributed by atoms with Crippen LogP contribution in [-0.4, -0.2) is 27.2 Å². The highest BCUT2D eigenvalue weighted by Gasteiger charge is 2.28. The van der Waals surface area contributed by atoms with Gasteiger partial charge >= 0.3 is 0 Å². The fraction of sp³-hybridized carbons (Fsp3) is 0.500. The van der Waals surface area contributed by atoms with Gasteiger partial charge in [0.05, 0.1) is 11.8 Å². The van der Waals surface area contributed by atoms with Crippen molar-refractivity contribution in [2.24, 2.45) is 0 Å². The van der Waals surface area contributed by atoms with E-state index in [-0.39, 0.29) is 22.7 Å². The van der Waals surface area contributed by atoms with Crippen LogP contribution in [0.4, 0.5) is 10.1 Å². The average molecular weight is 288 g/mol. The molecule has 0 radical (unpaired) electrons. The van der Waals surface area contributed by atoms with Gasteiger partial charge in [-0.2, -0.15) is 0 Å². The van der Waals surface area contributed by atoms with Crippen molar-refractivity contribution in [3.63, 3.8) is 0 Å². The number of hydrogen-bond acceptors (Lipinski definition) is 4. The van der Waals surface area contributed by atoms with E-state index in [0.29, 0.717) is 6.61 Å². The van der Waals surface area contributed by atoms with Gasteiger partial charge < -0.3 is 10.5 Å². The van der Waals surface area contributed by atoms with Crippen LogP contribution in [0.1, 0.15) is 19.8 Å². The number of para-hydroxylation sites is 1. The molecule has 1 aliphatic heterocycles. The predicted octanol–water partition coefficient (Wildman–Crippen LogP) is 1.25. The quantitative estimate of drug-likeness (QED) is 0.817. The third-order valence-corrected chi connectivity index (χ3v) is 4.78. The van der Waals surface area contributed by atoms with Crippen molar-refractivity contribution in [2.45, 2.75) is 36.8 Å². The first kappa shape index (κ1) is 14.2. The van der Waals surface area contributed by atoms with Crippen molar-refractivity contribution in [3.8, 4) is 0 Å². The molecule has 2 rings (SSSR count). The van der Waals surface area contributed by atoms with E-state index in [4.69, 9.17) is 10.5 Å². The summed E-state index contributed by atoms with van der Waals surface area (Å²) in [6.45, 7) is 2.36. The lowest BCUT2D eigenvalue weighted by Gasteiger charge is -2.20. The molecular weight excluding hydrogens is 271 g/mol. The molecule has 2 unspecified atom stereocenters. The van der Waals surface area contributed by atoms with Crippen LogP contribution >= 0.6 is 0 Å². The molecule has 0 aliphatic carbocycles. The minimum atomic E-state index is -3.85. The maximum Gasteiger partial charge on any atom is 0.243 e. The Hall–Kier alpha value is -1.18. The predicted molar refractivity (Wildman–Crippen MR) is 69.6 cm³/mol. The highest BCUT2D eigenvalue weighted by Crippen LogP contribution is 2.22. The molecule has 1 saturated heterocycles. The molecule has 0 saturated carbocycles. The van der Waals surface area contributed by atoms with Crippen LogP contribution in [0, 0.1) is 5.82 Å². The zero-order chi connectivity index (χ0) is 14.0. The van der Waals surface area contributed by atoms with Gasteiger partial charge in [0.1, 0.15) is 10.7 Å². The summed E-state index contributed by atoms with van der Waals surface area (Å²) in [4.78, 5) is -0.239. The number of hydrogen-bond donors (Lipinski definition) is 2. The van der Waals surface area contributed by atoms with E-state index in [1.807, 2.05) is 0 Å². The van der Waals surface area contributed by atoms with E-state index >= 15 is 0 Å². The summed E-state index contributed by atoms with van der Waals surface area (Å²) in [6, 6.07) is 3.34. The van der Waals surface area contributed by atoms with Gasteiger partial charge in [-0.3, -0.25) is 0 Å². The summed E-state index contributed by atoms with van der Waals surface area (Å²) in [6.07, 6.45) is 1.57. The number of nitrogen functional groups attached to an aromatic ring is 1. The van der Waals surface area contributed by atoms with Gasteiger partial charge in [-0.05, 0) is 31.9 Å². The Morgan fingerprint density at radius 3 is 2.89 bits per heavy atom. The second kappa shape index (κ2) is 5.44. The minimum Gasteiger partial charge on any atom is -0.395 e. The molecule has 1 aliphatic rings. The van der Waals surface area contributed by atoms with Crippen LogP contribution in [0.25, 0.3) is 0 Å². The summed E-state index contributed by atoms with van der Waals surface area (Å²) in [5.41, 5.74) is 5.11. The molecule has 1 aromatic rings. The SMILES string of the molecule is CC(NS(=O)(=O)c1cccc(F)c1N)C1CCCO1. The zero-order valence-corrected chi connectivity index (χ0v) is 11.4. The molecule has 1 heterocycles. The first-order valence-electron chi connectivity index (χ1n) is 6.10. The number of rotatable bonds is 4. The van der Waals surface area contributed by atoms with Crippen LogP contribution in [0.2, 0.25) is 0 Å². The van der Waals surface area contributed by atoms with E-state index in [9.17, 15) is 12.8 Å². The normalized spacial score (nSPS) is 21.5. The number of benzene rings is 1. The van der Waals surface area contributed by atoms with Gasteiger partial charge in [0.25, 0.3) is 0 Å². The topological polar surface area (TPSA) is 81.4 Å². The molecule has 19 heavy (non-hydrogen) atoms. The molecule has 0 spiro atoms. The summed E-state index contributed by atoms with van der Waals surface area (Å²) in [7, 11) is -3.85. The Morgan fingerprint density at radius 2 is 2.26 bits per heavy atom. The van der Waals surface area contributed by atoms with Crippen LogP contribution in [0.15, 0.2) is 23.1 Å². The maximum atomic E-state index is 13.3. The lowest BCUT2D eigenvalue weighted by molar-refractivity contribution is 0.0902. The molecule has 5 nitrogen and oxygen atoms in total. The Bertz CT molecular complexity index is 556. The van der Waals surface area contributed by atoms with Crippen LogP contribution < -0.4 is 10.5 Å². The van der Waals surface area contributed by atoms with Crippen LogP contribution in [0.3, 0.4) is 0 Å². The third kappa shape index (κ3) is 3.05. The first-order valence-corrected chi connectivity index (χ1v) is 7.58. The zero-order valence-electron chi connectivity index (χ0n) is 10.6. The van der Waals surface area contributed by atoms with E-state index < -0.39 is 15.8 Å².